The maximum absolute atomic E-state index is 11.2. The first kappa shape index (κ1) is 15.7. The lowest BCUT2D eigenvalue weighted by molar-refractivity contribution is 0.111. The van der Waals surface area contributed by atoms with Gasteiger partial charge in [-0.2, -0.15) is 0 Å². The van der Waals surface area contributed by atoms with E-state index in [1.165, 1.54) is 0 Å². The number of rotatable bonds is 6. The topological polar surface area (TPSA) is 64.1 Å². The van der Waals surface area contributed by atoms with Crippen LogP contribution in [0.25, 0.3) is 0 Å². The van der Waals surface area contributed by atoms with Crippen molar-refractivity contribution in [1.82, 2.24) is 9.97 Å². The third-order valence-electron chi connectivity index (χ3n) is 3.90. The minimum absolute atomic E-state index is 0.0379. The van der Waals surface area contributed by atoms with Crippen molar-refractivity contribution < 1.29 is 9.53 Å². The third kappa shape index (κ3) is 3.45. The number of halogens is 1. The van der Waals surface area contributed by atoms with Gasteiger partial charge in [0.05, 0.1) is 13.2 Å². The summed E-state index contributed by atoms with van der Waals surface area (Å²) in [6.45, 7) is 2.00. The standard InChI is InChI=1S/C17H18ClN3O2/c1-10(12-4-3-5-13(8-12)23-2)19-17-15(18)14(9-22)20-16(21-17)11-6-7-11/h3-5,8-11H,6-7H2,1-2H3,(H,19,20,21)/t10-/m0/s1. The van der Waals surface area contributed by atoms with Crippen molar-refractivity contribution in [2.75, 3.05) is 12.4 Å². The summed E-state index contributed by atoms with van der Waals surface area (Å²) in [5, 5.41) is 3.54. The summed E-state index contributed by atoms with van der Waals surface area (Å²) >= 11 is 6.25. The van der Waals surface area contributed by atoms with Crippen molar-refractivity contribution >= 4 is 23.7 Å². The number of nitrogens with one attached hydrogen (secondary N) is 1. The quantitative estimate of drug-likeness (QED) is 0.810. The number of carbonyl (C=O) groups excluding carboxylic acids is 1. The number of ether oxygens (including phenoxy) is 1. The van der Waals surface area contributed by atoms with Crippen LogP contribution in [0.4, 0.5) is 5.82 Å². The zero-order valence-corrected chi connectivity index (χ0v) is 13.8. The average molecular weight is 332 g/mol. The predicted octanol–water partition coefficient (Wildman–Crippen LogP) is 4.00. The predicted molar refractivity (Wildman–Crippen MR) is 89.4 cm³/mol. The van der Waals surface area contributed by atoms with E-state index in [9.17, 15) is 4.79 Å². The maximum atomic E-state index is 11.2. The molecule has 1 aromatic carbocycles. The summed E-state index contributed by atoms with van der Waals surface area (Å²) in [4.78, 5) is 20.0. The second kappa shape index (κ2) is 6.54. The Labute approximate surface area is 140 Å². The number of carbonyl (C=O) groups is 1. The highest BCUT2D eigenvalue weighted by Crippen LogP contribution is 2.39. The van der Waals surface area contributed by atoms with Gasteiger partial charge in [-0.05, 0) is 37.5 Å². The minimum atomic E-state index is -0.0379. The van der Waals surface area contributed by atoms with E-state index in [0.29, 0.717) is 23.8 Å². The normalized spacial score (nSPS) is 15.1. The van der Waals surface area contributed by atoms with E-state index in [-0.39, 0.29) is 16.8 Å². The number of anilines is 1. The molecule has 0 spiro atoms. The Bertz CT molecular complexity index is 732. The van der Waals surface area contributed by atoms with Gasteiger partial charge < -0.3 is 10.1 Å². The lowest BCUT2D eigenvalue weighted by atomic mass is 10.1. The lowest BCUT2D eigenvalue weighted by Gasteiger charge is -2.17. The van der Waals surface area contributed by atoms with Crippen LogP contribution in [0.5, 0.6) is 5.75 Å². The maximum Gasteiger partial charge on any atom is 0.170 e. The molecule has 0 radical (unpaired) electrons. The van der Waals surface area contributed by atoms with Gasteiger partial charge in [-0.25, -0.2) is 9.97 Å². The summed E-state index contributed by atoms with van der Waals surface area (Å²) in [5.41, 5.74) is 1.28. The molecule has 1 aliphatic rings. The van der Waals surface area contributed by atoms with E-state index in [4.69, 9.17) is 16.3 Å². The van der Waals surface area contributed by atoms with Gasteiger partial charge in [-0.1, -0.05) is 23.7 Å². The Hall–Kier alpha value is -2.14. The van der Waals surface area contributed by atoms with Crippen LogP contribution in [0.1, 0.15) is 53.6 Å². The molecule has 0 unspecified atom stereocenters. The SMILES string of the molecule is COc1cccc([C@H](C)Nc2nc(C3CC3)nc(C=O)c2Cl)c1. The second-order valence-corrected chi connectivity index (χ2v) is 6.04. The number of nitrogens with zero attached hydrogens (tertiary/aromatic N) is 2. The second-order valence-electron chi connectivity index (χ2n) is 5.66. The Morgan fingerprint density at radius 1 is 1.39 bits per heavy atom. The van der Waals surface area contributed by atoms with Gasteiger partial charge in [0, 0.05) is 5.92 Å². The van der Waals surface area contributed by atoms with Gasteiger partial charge in [0.15, 0.2) is 6.29 Å². The average Bonchev–Trinajstić information content (AvgIpc) is 3.41. The molecule has 0 bridgehead atoms. The molecule has 1 heterocycles. The van der Waals surface area contributed by atoms with Gasteiger partial charge in [0.1, 0.15) is 28.1 Å². The van der Waals surface area contributed by atoms with Crippen LogP contribution in [-0.2, 0) is 0 Å². The smallest absolute Gasteiger partial charge is 0.170 e. The summed E-state index contributed by atoms with van der Waals surface area (Å²) in [6.07, 6.45) is 2.80. The Morgan fingerprint density at radius 2 is 2.17 bits per heavy atom. The highest BCUT2D eigenvalue weighted by molar-refractivity contribution is 6.35. The fourth-order valence-corrected chi connectivity index (χ4v) is 2.56. The molecule has 2 aromatic rings. The van der Waals surface area contributed by atoms with Crippen LogP contribution in [0.15, 0.2) is 24.3 Å². The fourth-order valence-electron chi connectivity index (χ4n) is 2.38. The van der Waals surface area contributed by atoms with Gasteiger partial charge in [0.2, 0.25) is 0 Å². The molecule has 6 heteroatoms. The van der Waals surface area contributed by atoms with E-state index in [2.05, 4.69) is 15.3 Å². The van der Waals surface area contributed by atoms with Crippen molar-refractivity contribution in [3.8, 4) is 5.75 Å². The summed E-state index contributed by atoms with van der Waals surface area (Å²) in [6, 6.07) is 7.74. The number of aldehydes is 1. The molecule has 1 N–H and O–H groups in total. The first-order valence-corrected chi connectivity index (χ1v) is 7.93. The summed E-state index contributed by atoms with van der Waals surface area (Å²) in [7, 11) is 1.64. The molecule has 0 amide bonds. The molecule has 5 nitrogen and oxygen atoms in total. The summed E-state index contributed by atoms with van der Waals surface area (Å²) < 4.78 is 5.25. The molecule has 3 rings (SSSR count). The van der Waals surface area contributed by atoms with Crippen molar-refractivity contribution in [1.29, 1.82) is 0 Å². The van der Waals surface area contributed by atoms with Crippen molar-refractivity contribution in [2.45, 2.75) is 31.7 Å². The summed E-state index contributed by atoms with van der Waals surface area (Å²) in [5.74, 6) is 2.33. The van der Waals surface area contributed by atoms with E-state index in [0.717, 1.165) is 24.2 Å². The van der Waals surface area contributed by atoms with Crippen LogP contribution >= 0.6 is 11.6 Å². The number of hydrogen-bond acceptors (Lipinski definition) is 5. The van der Waals surface area contributed by atoms with Crippen molar-refractivity contribution in [3.63, 3.8) is 0 Å². The first-order chi connectivity index (χ1) is 11.1. The van der Waals surface area contributed by atoms with Crippen LogP contribution < -0.4 is 10.1 Å². The molecule has 1 fully saturated rings. The first-order valence-electron chi connectivity index (χ1n) is 7.55. The number of aromatic nitrogens is 2. The number of benzene rings is 1. The lowest BCUT2D eigenvalue weighted by Crippen LogP contribution is -2.11. The minimum Gasteiger partial charge on any atom is -0.497 e. The zero-order chi connectivity index (χ0) is 16.4. The number of methoxy groups -OCH3 is 1. The van der Waals surface area contributed by atoms with Crippen molar-refractivity contribution in [3.05, 3.63) is 46.4 Å². The third-order valence-corrected chi connectivity index (χ3v) is 4.27. The van der Waals surface area contributed by atoms with Gasteiger partial charge in [-0.15, -0.1) is 0 Å². The Morgan fingerprint density at radius 3 is 2.83 bits per heavy atom. The van der Waals surface area contributed by atoms with Gasteiger partial charge in [0.25, 0.3) is 0 Å². The molecule has 1 saturated carbocycles. The van der Waals surface area contributed by atoms with E-state index >= 15 is 0 Å². The highest BCUT2D eigenvalue weighted by Gasteiger charge is 2.28. The highest BCUT2D eigenvalue weighted by atomic mass is 35.5. The van der Waals surface area contributed by atoms with E-state index in [1.54, 1.807) is 7.11 Å². The monoisotopic (exact) mass is 331 g/mol. The van der Waals surface area contributed by atoms with E-state index < -0.39 is 0 Å². The number of hydrogen-bond donors (Lipinski definition) is 1. The van der Waals surface area contributed by atoms with Gasteiger partial charge >= 0.3 is 0 Å². The molecule has 0 saturated heterocycles. The van der Waals surface area contributed by atoms with Crippen LogP contribution in [0.3, 0.4) is 0 Å². The van der Waals surface area contributed by atoms with Crippen LogP contribution in [0.2, 0.25) is 5.02 Å². The van der Waals surface area contributed by atoms with E-state index in [1.807, 2.05) is 31.2 Å². The van der Waals surface area contributed by atoms with Crippen molar-refractivity contribution in [2.24, 2.45) is 0 Å². The molecule has 120 valence electrons. The van der Waals surface area contributed by atoms with Crippen LogP contribution in [0, 0.1) is 0 Å². The van der Waals surface area contributed by atoms with Gasteiger partial charge in [-0.3, -0.25) is 4.79 Å². The molecule has 23 heavy (non-hydrogen) atoms. The molecule has 1 atom stereocenters. The Balaban J connectivity index is 1.88. The fraction of sp³-hybridized carbons (Fsp3) is 0.353. The molecular weight excluding hydrogens is 314 g/mol. The molecule has 1 aliphatic carbocycles. The molecular formula is C17H18ClN3O2. The molecule has 1 aromatic heterocycles. The van der Waals surface area contributed by atoms with Crippen LogP contribution in [-0.4, -0.2) is 23.4 Å². The Kier molecular flexibility index (Phi) is 4.48. The zero-order valence-electron chi connectivity index (χ0n) is 13.0. The largest absolute Gasteiger partial charge is 0.497 e. The molecule has 0 aliphatic heterocycles.